The molecule has 2 aliphatic rings. The van der Waals surface area contributed by atoms with Crippen LogP contribution in [0.3, 0.4) is 0 Å². The van der Waals surface area contributed by atoms with Crippen molar-refractivity contribution < 1.29 is 14.3 Å². The van der Waals surface area contributed by atoms with E-state index in [1.165, 1.54) is 0 Å². The highest BCUT2D eigenvalue weighted by atomic mass is 16.5. The van der Waals surface area contributed by atoms with Gasteiger partial charge in [0.15, 0.2) is 0 Å². The number of pyridine rings is 1. The Kier molecular flexibility index (Phi) is 4.51. The number of carbonyl (C=O) groups excluding carboxylic acids is 1. The molecule has 0 radical (unpaired) electrons. The van der Waals surface area contributed by atoms with Gasteiger partial charge in [-0.3, -0.25) is 9.78 Å². The summed E-state index contributed by atoms with van der Waals surface area (Å²) in [5, 5.41) is 0. The van der Waals surface area contributed by atoms with Gasteiger partial charge in [-0.2, -0.15) is 0 Å². The van der Waals surface area contributed by atoms with Gasteiger partial charge >= 0.3 is 0 Å². The van der Waals surface area contributed by atoms with Gasteiger partial charge in [0.05, 0.1) is 31.5 Å². The van der Waals surface area contributed by atoms with Gasteiger partial charge in [0.25, 0.3) is 5.91 Å². The Hall–Kier alpha value is -2.24. The standard InChI is InChI=1S/C20H22N2O3/c23-19(16-6-2-1-3-7-16)22-14-20(15-22)12-18(9-11-25-20)24-13-17-8-4-5-10-21-17/h1-8,10,18H,9,11-15H2/t18-/m0/s1. The van der Waals surface area contributed by atoms with E-state index in [1.807, 2.05) is 53.4 Å². The van der Waals surface area contributed by atoms with Crippen molar-refractivity contribution in [1.82, 2.24) is 9.88 Å². The summed E-state index contributed by atoms with van der Waals surface area (Å²) in [6.45, 7) is 2.49. The van der Waals surface area contributed by atoms with E-state index in [-0.39, 0.29) is 17.6 Å². The average Bonchev–Trinajstić information content (AvgIpc) is 2.65. The van der Waals surface area contributed by atoms with Crippen LogP contribution >= 0.6 is 0 Å². The van der Waals surface area contributed by atoms with Crippen LogP contribution in [0.5, 0.6) is 0 Å². The van der Waals surface area contributed by atoms with Crippen molar-refractivity contribution in [3.63, 3.8) is 0 Å². The molecule has 130 valence electrons. The Bertz CT molecular complexity index is 714. The summed E-state index contributed by atoms with van der Waals surface area (Å²) in [4.78, 5) is 18.6. The first-order valence-electron chi connectivity index (χ1n) is 8.74. The molecule has 0 bridgehead atoms. The molecule has 5 nitrogen and oxygen atoms in total. The average molecular weight is 338 g/mol. The second kappa shape index (κ2) is 6.94. The maximum Gasteiger partial charge on any atom is 0.254 e. The maximum atomic E-state index is 12.5. The third-order valence-corrected chi connectivity index (χ3v) is 4.91. The molecular formula is C20H22N2O3. The second-order valence-corrected chi connectivity index (χ2v) is 6.81. The Morgan fingerprint density at radius 1 is 1.20 bits per heavy atom. The molecule has 2 aromatic rings. The van der Waals surface area contributed by atoms with E-state index in [0.29, 0.717) is 26.3 Å². The highest BCUT2D eigenvalue weighted by molar-refractivity contribution is 5.94. The van der Waals surface area contributed by atoms with Crippen LogP contribution in [0, 0.1) is 0 Å². The number of ether oxygens (including phenoxy) is 2. The Morgan fingerprint density at radius 3 is 2.76 bits per heavy atom. The summed E-state index contributed by atoms with van der Waals surface area (Å²) in [6.07, 6.45) is 3.66. The minimum Gasteiger partial charge on any atom is -0.372 e. The number of hydrogen-bond donors (Lipinski definition) is 0. The summed E-state index contributed by atoms with van der Waals surface area (Å²) in [5.74, 6) is 0.0753. The zero-order valence-corrected chi connectivity index (χ0v) is 14.1. The minimum atomic E-state index is -0.239. The van der Waals surface area contributed by atoms with Crippen LogP contribution in [0.4, 0.5) is 0 Å². The number of aromatic nitrogens is 1. The van der Waals surface area contributed by atoms with Crippen molar-refractivity contribution in [3.8, 4) is 0 Å². The molecule has 0 unspecified atom stereocenters. The topological polar surface area (TPSA) is 51.7 Å². The van der Waals surface area contributed by atoms with Gasteiger partial charge in [0.1, 0.15) is 5.60 Å². The summed E-state index contributed by atoms with van der Waals surface area (Å²) in [6, 6.07) is 15.3. The van der Waals surface area contributed by atoms with E-state index in [9.17, 15) is 4.79 Å². The van der Waals surface area contributed by atoms with Crippen LogP contribution in [-0.2, 0) is 16.1 Å². The molecule has 0 N–H and O–H groups in total. The lowest BCUT2D eigenvalue weighted by molar-refractivity contribution is -0.188. The Labute approximate surface area is 147 Å². The van der Waals surface area contributed by atoms with E-state index < -0.39 is 0 Å². The van der Waals surface area contributed by atoms with Crippen LogP contribution in [-0.4, -0.2) is 47.2 Å². The molecule has 2 fully saturated rings. The van der Waals surface area contributed by atoms with E-state index in [4.69, 9.17) is 9.47 Å². The predicted molar refractivity (Wildman–Crippen MR) is 93.1 cm³/mol. The largest absolute Gasteiger partial charge is 0.372 e. The van der Waals surface area contributed by atoms with Crippen LogP contribution in [0.1, 0.15) is 28.9 Å². The number of carbonyl (C=O) groups is 1. The zero-order valence-electron chi connectivity index (χ0n) is 14.1. The number of amides is 1. The summed E-state index contributed by atoms with van der Waals surface area (Å²) >= 11 is 0. The molecule has 3 heterocycles. The number of benzene rings is 1. The molecule has 1 spiro atoms. The van der Waals surface area contributed by atoms with Gasteiger partial charge in [-0.25, -0.2) is 0 Å². The molecule has 1 aromatic carbocycles. The molecule has 1 aromatic heterocycles. The Balaban J connectivity index is 1.31. The first kappa shape index (κ1) is 16.2. The van der Waals surface area contributed by atoms with Crippen molar-refractivity contribution in [2.45, 2.75) is 31.2 Å². The Morgan fingerprint density at radius 2 is 2.00 bits per heavy atom. The molecule has 1 amide bonds. The van der Waals surface area contributed by atoms with Gasteiger partial charge < -0.3 is 14.4 Å². The van der Waals surface area contributed by atoms with Crippen LogP contribution in [0.25, 0.3) is 0 Å². The minimum absolute atomic E-state index is 0.0753. The quantitative estimate of drug-likeness (QED) is 0.860. The molecule has 0 saturated carbocycles. The summed E-state index contributed by atoms with van der Waals surface area (Å²) in [7, 11) is 0. The molecule has 2 aliphatic heterocycles. The lowest BCUT2D eigenvalue weighted by Gasteiger charge is -2.53. The summed E-state index contributed by atoms with van der Waals surface area (Å²) < 4.78 is 12.0. The van der Waals surface area contributed by atoms with E-state index in [1.54, 1.807) is 6.20 Å². The van der Waals surface area contributed by atoms with Crippen LogP contribution in [0.15, 0.2) is 54.7 Å². The third-order valence-electron chi connectivity index (χ3n) is 4.91. The lowest BCUT2D eigenvalue weighted by Crippen LogP contribution is -2.67. The fourth-order valence-electron chi connectivity index (χ4n) is 3.59. The number of hydrogen-bond acceptors (Lipinski definition) is 4. The molecule has 1 atom stereocenters. The van der Waals surface area contributed by atoms with Crippen molar-refractivity contribution in [2.24, 2.45) is 0 Å². The molecular weight excluding hydrogens is 316 g/mol. The molecule has 2 saturated heterocycles. The maximum absolute atomic E-state index is 12.5. The molecule has 25 heavy (non-hydrogen) atoms. The van der Waals surface area contributed by atoms with Crippen molar-refractivity contribution in [1.29, 1.82) is 0 Å². The summed E-state index contributed by atoms with van der Waals surface area (Å²) in [5.41, 5.74) is 1.44. The predicted octanol–water partition coefficient (Wildman–Crippen LogP) is 2.67. The molecule has 0 aliphatic carbocycles. The highest BCUT2D eigenvalue weighted by Crippen LogP contribution is 2.36. The van der Waals surface area contributed by atoms with E-state index in [0.717, 1.165) is 24.1 Å². The van der Waals surface area contributed by atoms with Crippen molar-refractivity contribution in [3.05, 3.63) is 66.0 Å². The highest BCUT2D eigenvalue weighted by Gasteiger charge is 2.49. The second-order valence-electron chi connectivity index (χ2n) is 6.81. The van der Waals surface area contributed by atoms with Gasteiger partial charge in [-0.05, 0) is 30.7 Å². The lowest BCUT2D eigenvalue weighted by atomic mass is 9.84. The first-order chi connectivity index (χ1) is 12.2. The molecule has 5 heteroatoms. The van der Waals surface area contributed by atoms with Crippen molar-refractivity contribution in [2.75, 3.05) is 19.7 Å². The normalized spacial score (nSPS) is 21.8. The van der Waals surface area contributed by atoms with Crippen molar-refractivity contribution >= 4 is 5.91 Å². The number of rotatable bonds is 4. The van der Waals surface area contributed by atoms with E-state index in [2.05, 4.69) is 4.98 Å². The number of likely N-dealkylation sites (tertiary alicyclic amines) is 1. The van der Waals surface area contributed by atoms with Gasteiger partial charge in [0, 0.05) is 24.8 Å². The smallest absolute Gasteiger partial charge is 0.254 e. The zero-order chi connectivity index (χ0) is 17.1. The van der Waals surface area contributed by atoms with Gasteiger partial charge in [-0.15, -0.1) is 0 Å². The van der Waals surface area contributed by atoms with E-state index >= 15 is 0 Å². The first-order valence-corrected chi connectivity index (χ1v) is 8.74. The van der Waals surface area contributed by atoms with Crippen LogP contribution < -0.4 is 0 Å². The fraction of sp³-hybridized carbons (Fsp3) is 0.400. The van der Waals surface area contributed by atoms with Crippen LogP contribution in [0.2, 0.25) is 0 Å². The number of nitrogens with zero attached hydrogens (tertiary/aromatic N) is 2. The monoisotopic (exact) mass is 338 g/mol. The van der Waals surface area contributed by atoms with Gasteiger partial charge in [-0.1, -0.05) is 24.3 Å². The van der Waals surface area contributed by atoms with Gasteiger partial charge in [0.2, 0.25) is 0 Å². The SMILES string of the molecule is O=C(c1ccccc1)N1CC2(C[C@@H](OCc3ccccn3)CCO2)C1. The third kappa shape index (κ3) is 3.57. The molecule has 4 rings (SSSR count). The fourth-order valence-corrected chi connectivity index (χ4v) is 3.59.